The van der Waals surface area contributed by atoms with Gasteiger partial charge in [0.15, 0.2) is 17.8 Å². The summed E-state index contributed by atoms with van der Waals surface area (Å²) in [4.78, 5) is 41.4. The Labute approximate surface area is 216 Å². The molecule has 0 unspecified atom stereocenters. The van der Waals surface area contributed by atoms with Crippen LogP contribution in [0.15, 0.2) is 89.9 Å². The number of nitrogens with one attached hydrogen (secondary N) is 2. The number of benzene rings is 3. The molecule has 8 nitrogen and oxygen atoms in total. The van der Waals surface area contributed by atoms with E-state index in [-0.39, 0.29) is 18.3 Å². The molecule has 0 saturated carbocycles. The van der Waals surface area contributed by atoms with Crippen molar-refractivity contribution in [1.82, 2.24) is 10.6 Å². The van der Waals surface area contributed by atoms with Crippen LogP contribution in [0.1, 0.15) is 35.2 Å². The molecule has 0 aromatic heterocycles. The summed E-state index contributed by atoms with van der Waals surface area (Å²) in [6.45, 7) is 1.08. The first-order chi connectivity index (χ1) is 17.8. The van der Waals surface area contributed by atoms with Crippen LogP contribution in [0.5, 0.6) is 0 Å². The van der Waals surface area contributed by atoms with Gasteiger partial charge in [-0.25, -0.2) is 4.99 Å². The largest absolute Gasteiger partial charge is 0.370 e. The van der Waals surface area contributed by atoms with Gasteiger partial charge in [-0.2, -0.15) is 0 Å². The number of carbonyl (C=O) groups excluding carboxylic acids is 3. The van der Waals surface area contributed by atoms with Gasteiger partial charge in [0.05, 0.1) is 12.6 Å². The highest BCUT2D eigenvalue weighted by Gasteiger charge is 2.22. The second-order valence-corrected chi connectivity index (χ2v) is 8.33. The summed E-state index contributed by atoms with van der Waals surface area (Å²) in [5, 5.41) is 5.22. The number of rotatable bonds is 9. The van der Waals surface area contributed by atoms with Crippen molar-refractivity contribution < 1.29 is 14.4 Å². The normalized spacial score (nSPS) is 11.7. The van der Waals surface area contributed by atoms with Gasteiger partial charge in [0.2, 0.25) is 11.8 Å². The van der Waals surface area contributed by atoms with Crippen molar-refractivity contribution in [3.05, 3.63) is 107 Å². The molecular weight excluding hydrogens is 466 g/mol. The number of ketones is 1. The lowest BCUT2D eigenvalue weighted by Crippen LogP contribution is -2.46. The summed E-state index contributed by atoms with van der Waals surface area (Å²) in [5.74, 6) is 4.71. The van der Waals surface area contributed by atoms with E-state index in [0.717, 1.165) is 16.7 Å². The molecule has 37 heavy (non-hydrogen) atoms. The highest BCUT2D eigenvalue weighted by atomic mass is 16.2. The quantitative estimate of drug-likeness (QED) is 0.204. The number of carbonyl (C=O) groups is 3. The van der Waals surface area contributed by atoms with E-state index in [1.54, 1.807) is 30.3 Å². The van der Waals surface area contributed by atoms with Gasteiger partial charge in [0.1, 0.15) is 0 Å². The van der Waals surface area contributed by atoms with Gasteiger partial charge < -0.3 is 22.1 Å². The maximum Gasteiger partial charge on any atom is 0.249 e. The molecule has 0 saturated heterocycles. The monoisotopic (exact) mass is 495 g/mol. The summed E-state index contributed by atoms with van der Waals surface area (Å²) in [7, 11) is 0. The molecule has 0 bridgehead atoms. The minimum absolute atomic E-state index is 0.199. The van der Waals surface area contributed by atoms with E-state index in [1.807, 2.05) is 54.6 Å². The smallest absolute Gasteiger partial charge is 0.249 e. The minimum Gasteiger partial charge on any atom is -0.370 e. The van der Waals surface area contributed by atoms with Gasteiger partial charge >= 0.3 is 0 Å². The summed E-state index contributed by atoms with van der Waals surface area (Å²) in [6, 6.07) is 24.2. The van der Waals surface area contributed by atoms with E-state index in [4.69, 9.17) is 11.5 Å². The Morgan fingerprint density at radius 3 is 1.97 bits per heavy atom. The lowest BCUT2D eigenvalue weighted by molar-refractivity contribution is -0.128. The Hall–Kier alpha value is -4.90. The second-order valence-electron chi connectivity index (χ2n) is 8.33. The highest BCUT2D eigenvalue weighted by Crippen LogP contribution is 2.17. The zero-order valence-electron chi connectivity index (χ0n) is 20.5. The van der Waals surface area contributed by atoms with Crippen molar-refractivity contribution in [2.45, 2.75) is 25.4 Å². The highest BCUT2D eigenvalue weighted by molar-refractivity contribution is 5.92. The lowest BCUT2D eigenvalue weighted by Gasteiger charge is -2.17. The fourth-order valence-corrected chi connectivity index (χ4v) is 3.50. The third-order valence-electron chi connectivity index (χ3n) is 5.41. The van der Waals surface area contributed by atoms with Crippen molar-refractivity contribution in [3.63, 3.8) is 0 Å². The van der Waals surface area contributed by atoms with E-state index < -0.39 is 23.9 Å². The number of hydrogen-bond acceptors (Lipinski definition) is 4. The Bertz CT molecular complexity index is 1310. The molecule has 0 spiro atoms. The van der Waals surface area contributed by atoms with Crippen LogP contribution in [0, 0.1) is 11.8 Å². The van der Waals surface area contributed by atoms with Gasteiger partial charge in [0, 0.05) is 11.1 Å². The van der Waals surface area contributed by atoms with Gasteiger partial charge in [-0.3, -0.25) is 14.4 Å². The molecule has 0 aliphatic rings. The number of nitrogens with two attached hydrogens (primary N) is 2. The van der Waals surface area contributed by atoms with E-state index in [2.05, 4.69) is 27.5 Å². The predicted octanol–water partition coefficient (Wildman–Crippen LogP) is 1.83. The Morgan fingerprint density at radius 2 is 1.41 bits per heavy atom. The SMILES string of the molecule is CC(=O)[C@H](Cc1ccc(C#Cc2ccccc2)cc1)NC(=O)CNC(=O)[C@H](N=C(N)N)c1ccccc1. The van der Waals surface area contributed by atoms with Gasteiger partial charge in [0.25, 0.3) is 0 Å². The molecule has 0 heterocycles. The fourth-order valence-electron chi connectivity index (χ4n) is 3.50. The average molecular weight is 496 g/mol. The molecule has 2 atom stereocenters. The van der Waals surface area contributed by atoms with Crippen molar-refractivity contribution in [2.75, 3.05) is 6.54 Å². The summed E-state index contributed by atoms with van der Waals surface area (Å²) in [5.41, 5.74) is 14.2. The standard InChI is InChI=1S/C29H29N5O3/c1-20(35)25(18-23-16-14-22(15-17-23)13-12-21-8-4-2-5-9-21)33-26(36)19-32-28(37)27(34-29(30)31)24-10-6-3-7-11-24/h2-11,14-17,25,27H,18-19H2,1H3,(H,32,37)(H,33,36)(H4,30,31,34)/t25-,27+/m0/s1. The van der Waals surface area contributed by atoms with Crippen LogP contribution >= 0.6 is 0 Å². The van der Waals surface area contributed by atoms with E-state index in [0.29, 0.717) is 12.0 Å². The maximum atomic E-state index is 12.7. The average Bonchev–Trinajstić information content (AvgIpc) is 2.90. The predicted molar refractivity (Wildman–Crippen MR) is 143 cm³/mol. The molecule has 8 heteroatoms. The first-order valence-corrected chi connectivity index (χ1v) is 11.7. The van der Waals surface area contributed by atoms with E-state index in [1.165, 1.54) is 6.92 Å². The van der Waals surface area contributed by atoms with Crippen LogP contribution in [0.25, 0.3) is 0 Å². The second kappa shape index (κ2) is 13.3. The molecule has 0 fully saturated rings. The first kappa shape index (κ1) is 26.7. The number of Topliss-reactive ketones (excluding diaryl/α,β-unsaturated/α-hetero) is 1. The molecule has 2 amide bonds. The van der Waals surface area contributed by atoms with E-state index in [9.17, 15) is 14.4 Å². The summed E-state index contributed by atoms with van der Waals surface area (Å²) in [6.07, 6.45) is 0.308. The van der Waals surface area contributed by atoms with Crippen LogP contribution in [0.3, 0.4) is 0 Å². The Balaban J connectivity index is 1.57. The molecule has 188 valence electrons. The lowest BCUT2D eigenvalue weighted by atomic mass is 10.0. The zero-order chi connectivity index (χ0) is 26.6. The summed E-state index contributed by atoms with van der Waals surface area (Å²) < 4.78 is 0. The van der Waals surface area contributed by atoms with Crippen LogP contribution in [0.2, 0.25) is 0 Å². The first-order valence-electron chi connectivity index (χ1n) is 11.7. The molecule has 0 aliphatic heterocycles. The number of hydrogen-bond donors (Lipinski definition) is 4. The third-order valence-corrected chi connectivity index (χ3v) is 5.41. The van der Waals surface area contributed by atoms with Crippen LogP contribution < -0.4 is 22.1 Å². The topological polar surface area (TPSA) is 140 Å². The number of guanidine groups is 1. The Kier molecular flexibility index (Phi) is 9.57. The molecule has 0 aliphatic carbocycles. The molecular formula is C29H29N5O3. The van der Waals surface area contributed by atoms with Crippen LogP contribution in [-0.2, 0) is 20.8 Å². The van der Waals surface area contributed by atoms with Gasteiger partial charge in [-0.1, -0.05) is 72.5 Å². The van der Waals surface area contributed by atoms with Crippen molar-refractivity contribution >= 4 is 23.6 Å². The van der Waals surface area contributed by atoms with Gasteiger partial charge in [-0.05, 0) is 48.7 Å². The fraction of sp³-hybridized carbons (Fsp3) is 0.172. The summed E-state index contributed by atoms with van der Waals surface area (Å²) >= 11 is 0. The zero-order valence-corrected chi connectivity index (χ0v) is 20.5. The van der Waals surface area contributed by atoms with Gasteiger partial charge in [-0.15, -0.1) is 0 Å². The Morgan fingerprint density at radius 1 is 0.838 bits per heavy atom. The minimum atomic E-state index is -0.994. The number of nitrogens with zero attached hydrogens (tertiary/aromatic N) is 1. The number of amides is 2. The third kappa shape index (κ3) is 8.67. The molecule has 6 N–H and O–H groups in total. The van der Waals surface area contributed by atoms with Crippen molar-refractivity contribution in [1.29, 1.82) is 0 Å². The molecule has 3 aromatic carbocycles. The molecule has 3 rings (SSSR count). The van der Waals surface area contributed by atoms with Crippen molar-refractivity contribution in [3.8, 4) is 11.8 Å². The molecule has 3 aromatic rings. The number of aliphatic imine (C=N–C) groups is 1. The maximum absolute atomic E-state index is 12.7. The van der Waals surface area contributed by atoms with Crippen LogP contribution in [-0.4, -0.2) is 36.1 Å². The molecule has 0 radical (unpaired) electrons. The van der Waals surface area contributed by atoms with Crippen LogP contribution in [0.4, 0.5) is 0 Å². The van der Waals surface area contributed by atoms with E-state index >= 15 is 0 Å². The van der Waals surface area contributed by atoms with Crippen molar-refractivity contribution in [2.24, 2.45) is 16.5 Å².